The average Bonchev–Trinajstić information content (AvgIpc) is 2.40. The number of fused-ring (bicyclic) bond motifs is 1. The summed E-state index contributed by atoms with van der Waals surface area (Å²) in [4.78, 5) is 11.5. The van der Waals surface area contributed by atoms with Crippen LogP contribution in [0.4, 0.5) is 22.7 Å². The molecule has 0 aromatic heterocycles. The molecule has 0 fully saturated rings. The van der Waals surface area contributed by atoms with E-state index in [1.165, 1.54) is 0 Å². The zero-order chi connectivity index (χ0) is 14.1. The zero-order valence-electron chi connectivity index (χ0n) is 10.7. The second-order valence-electron chi connectivity index (χ2n) is 4.78. The number of benzene rings is 2. The number of hydrogen-bond acceptors (Lipinski definition) is 3. The van der Waals surface area contributed by atoms with Crippen molar-refractivity contribution < 1.29 is 4.79 Å². The van der Waals surface area contributed by atoms with E-state index in [-0.39, 0.29) is 5.91 Å². The first-order valence-corrected chi connectivity index (χ1v) is 7.44. The largest absolute Gasteiger partial charge is 0.397 e. The van der Waals surface area contributed by atoms with Crippen LogP contribution < -0.4 is 16.4 Å². The molecule has 4 N–H and O–H groups in total. The Kier molecular flexibility index (Phi) is 3.52. The van der Waals surface area contributed by atoms with E-state index in [0.717, 1.165) is 32.6 Å². The number of rotatable bonds is 2. The summed E-state index contributed by atoms with van der Waals surface area (Å²) in [6.45, 7) is 0. The SMILES string of the molecule is Nc1cc2c(cc1Nc1cccc(I)c1)NC(=O)CC2. The number of aryl methyl sites for hydroxylation is 1. The number of nitrogens with one attached hydrogen (secondary N) is 2. The molecule has 1 aliphatic rings. The van der Waals surface area contributed by atoms with Crippen LogP contribution in [0.15, 0.2) is 36.4 Å². The standard InChI is InChI=1S/C15H14IN3O/c16-10-2-1-3-11(7-10)18-14-8-13-9(6-12(14)17)4-5-15(20)19-13/h1-3,6-8,18H,4-5,17H2,(H,19,20). The molecule has 0 aliphatic carbocycles. The molecule has 0 radical (unpaired) electrons. The van der Waals surface area contributed by atoms with Gasteiger partial charge in [0.15, 0.2) is 0 Å². The number of halogens is 1. The van der Waals surface area contributed by atoms with Crippen molar-refractivity contribution in [1.29, 1.82) is 0 Å². The Bertz CT molecular complexity index is 685. The predicted octanol–water partition coefficient (Wildman–Crippen LogP) is 3.50. The highest BCUT2D eigenvalue weighted by atomic mass is 127. The lowest BCUT2D eigenvalue weighted by Gasteiger charge is -2.20. The van der Waals surface area contributed by atoms with Crippen molar-refractivity contribution in [3.05, 3.63) is 45.5 Å². The fourth-order valence-electron chi connectivity index (χ4n) is 2.28. The topological polar surface area (TPSA) is 67.2 Å². The molecule has 0 saturated heterocycles. The molecule has 5 heteroatoms. The van der Waals surface area contributed by atoms with Gasteiger partial charge < -0.3 is 16.4 Å². The minimum atomic E-state index is 0.0579. The fraction of sp³-hybridized carbons (Fsp3) is 0.133. The van der Waals surface area contributed by atoms with Crippen LogP contribution in [0.1, 0.15) is 12.0 Å². The van der Waals surface area contributed by atoms with Gasteiger partial charge in [0.25, 0.3) is 0 Å². The normalized spacial score (nSPS) is 13.6. The Labute approximate surface area is 130 Å². The molecule has 2 aromatic carbocycles. The summed E-state index contributed by atoms with van der Waals surface area (Å²) in [7, 11) is 0. The highest BCUT2D eigenvalue weighted by Crippen LogP contribution is 2.32. The number of anilines is 4. The van der Waals surface area contributed by atoms with Gasteiger partial charge in [-0.1, -0.05) is 6.07 Å². The zero-order valence-corrected chi connectivity index (χ0v) is 12.9. The third-order valence-electron chi connectivity index (χ3n) is 3.27. The summed E-state index contributed by atoms with van der Waals surface area (Å²) in [6.07, 6.45) is 1.27. The summed E-state index contributed by atoms with van der Waals surface area (Å²) >= 11 is 2.27. The molecule has 0 spiro atoms. The van der Waals surface area contributed by atoms with Gasteiger partial charge in [0.1, 0.15) is 0 Å². The molecule has 0 saturated carbocycles. The molecule has 0 unspecified atom stereocenters. The number of nitrogens with two attached hydrogens (primary N) is 1. The molecule has 1 heterocycles. The van der Waals surface area contributed by atoms with E-state index in [1.54, 1.807) is 0 Å². The lowest BCUT2D eigenvalue weighted by molar-refractivity contribution is -0.116. The van der Waals surface area contributed by atoms with Crippen LogP contribution in [0.25, 0.3) is 0 Å². The lowest BCUT2D eigenvalue weighted by Crippen LogP contribution is -2.19. The summed E-state index contributed by atoms with van der Waals surface area (Å²) in [5.41, 5.74) is 10.5. The summed E-state index contributed by atoms with van der Waals surface area (Å²) in [6, 6.07) is 11.9. The van der Waals surface area contributed by atoms with Crippen LogP contribution in [-0.4, -0.2) is 5.91 Å². The van der Waals surface area contributed by atoms with Crippen molar-refractivity contribution in [2.24, 2.45) is 0 Å². The minimum Gasteiger partial charge on any atom is -0.397 e. The average molecular weight is 379 g/mol. The van der Waals surface area contributed by atoms with Crippen LogP contribution >= 0.6 is 22.6 Å². The number of carbonyl (C=O) groups is 1. The highest BCUT2D eigenvalue weighted by molar-refractivity contribution is 14.1. The van der Waals surface area contributed by atoms with Gasteiger partial charge in [0.05, 0.1) is 11.4 Å². The fourth-order valence-corrected chi connectivity index (χ4v) is 2.82. The van der Waals surface area contributed by atoms with E-state index >= 15 is 0 Å². The molecule has 20 heavy (non-hydrogen) atoms. The van der Waals surface area contributed by atoms with Gasteiger partial charge in [0, 0.05) is 21.4 Å². The Balaban J connectivity index is 1.94. The summed E-state index contributed by atoms with van der Waals surface area (Å²) in [5.74, 6) is 0.0579. The number of amides is 1. The molecule has 1 amide bonds. The third kappa shape index (κ3) is 2.72. The van der Waals surface area contributed by atoms with Crippen LogP contribution in [-0.2, 0) is 11.2 Å². The molecule has 1 aliphatic heterocycles. The number of hydrogen-bond donors (Lipinski definition) is 3. The maximum atomic E-state index is 11.5. The van der Waals surface area contributed by atoms with E-state index in [1.807, 2.05) is 36.4 Å². The minimum absolute atomic E-state index is 0.0579. The van der Waals surface area contributed by atoms with E-state index in [4.69, 9.17) is 5.73 Å². The van der Waals surface area contributed by atoms with E-state index in [9.17, 15) is 4.79 Å². The first-order valence-electron chi connectivity index (χ1n) is 6.36. The third-order valence-corrected chi connectivity index (χ3v) is 3.95. The monoisotopic (exact) mass is 379 g/mol. The number of nitrogen functional groups attached to an aromatic ring is 1. The van der Waals surface area contributed by atoms with Crippen molar-refractivity contribution in [3.8, 4) is 0 Å². The first kappa shape index (κ1) is 13.2. The summed E-state index contributed by atoms with van der Waals surface area (Å²) < 4.78 is 1.15. The van der Waals surface area contributed by atoms with Crippen molar-refractivity contribution in [1.82, 2.24) is 0 Å². The quantitative estimate of drug-likeness (QED) is 0.553. The maximum Gasteiger partial charge on any atom is 0.224 e. The smallest absolute Gasteiger partial charge is 0.224 e. The van der Waals surface area contributed by atoms with Crippen LogP contribution in [0, 0.1) is 3.57 Å². The van der Waals surface area contributed by atoms with Gasteiger partial charge >= 0.3 is 0 Å². The van der Waals surface area contributed by atoms with Gasteiger partial charge in [-0.15, -0.1) is 0 Å². The van der Waals surface area contributed by atoms with Crippen molar-refractivity contribution in [2.45, 2.75) is 12.8 Å². The van der Waals surface area contributed by atoms with Crippen LogP contribution in [0.3, 0.4) is 0 Å². The second kappa shape index (κ2) is 5.32. The van der Waals surface area contributed by atoms with Crippen molar-refractivity contribution >= 4 is 51.2 Å². The van der Waals surface area contributed by atoms with E-state index < -0.39 is 0 Å². The molecule has 0 bridgehead atoms. The molecule has 4 nitrogen and oxygen atoms in total. The van der Waals surface area contributed by atoms with E-state index in [2.05, 4.69) is 33.2 Å². The Morgan fingerprint density at radius 3 is 2.85 bits per heavy atom. The first-order chi connectivity index (χ1) is 9.61. The summed E-state index contributed by atoms with van der Waals surface area (Å²) in [5, 5.41) is 6.19. The Morgan fingerprint density at radius 2 is 2.05 bits per heavy atom. The van der Waals surface area contributed by atoms with Gasteiger partial charge in [0.2, 0.25) is 5.91 Å². The second-order valence-corrected chi connectivity index (χ2v) is 6.03. The molecular formula is C15H14IN3O. The van der Waals surface area contributed by atoms with Crippen LogP contribution in [0.5, 0.6) is 0 Å². The molecule has 102 valence electrons. The Morgan fingerprint density at radius 1 is 1.20 bits per heavy atom. The maximum absolute atomic E-state index is 11.5. The Hall–Kier alpha value is -1.76. The van der Waals surface area contributed by atoms with E-state index in [0.29, 0.717) is 12.1 Å². The van der Waals surface area contributed by atoms with Gasteiger partial charge in [-0.2, -0.15) is 0 Å². The number of carbonyl (C=O) groups excluding carboxylic acids is 1. The van der Waals surface area contributed by atoms with Gasteiger partial charge in [-0.3, -0.25) is 4.79 Å². The molecule has 3 rings (SSSR count). The highest BCUT2D eigenvalue weighted by Gasteiger charge is 2.16. The predicted molar refractivity (Wildman–Crippen MR) is 90.2 cm³/mol. The lowest BCUT2D eigenvalue weighted by atomic mass is 10.0. The molecule has 0 atom stereocenters. The van der Waals surface area contributed by atoms with Crippen molar-refractivity contribution in [3.63, 3.8) is 0 Å². The van der Waals surface area contributed by atoms with Gasteiger partial charge in [-0.25, -0.2) is 0 Å². The van der Waals surface area contributed by atoms with Crippen molar-refractivity contribution in [2.75, 3.05) is 16.4 Å². The molecular weight excluding hydrogens is 365 g/mol. The van der Waals surface area contributed by atoms with Crippen LogP contribution in [0.2, 0.25) is 0 Å². The molecule has 2 aromatic rings. The van der Waals surface area contributed by atoms with Gasteiger partial charge in [-0.05, 0) is 64.9 Å².